The van der Waals surface area contributed by atoms with Crippen LogP contribution in [0.25, 0.3) is 101 Å². The fourth-order valence-electron chi connectivity index (χ4n) is 7.39. The molecule has 0 radical (unpaired) electrons. The summed E-state index contributed by atoms with van der Waals surface area (Å²) < 4.78 is 0. The van der Waals surface area contributed by atoms with Crippen molar-refractivity contribution in [1.82, 2.24) is 24.9 Å². The van der Waals surface area contributed by atoms with Gasteiger partial charge in [-0.2, -0.15) is 0 Å². The normalized spacial score (nSPS) is 11.0. The molecule has 0 bridgehead atoms. The van der Waals surface area contributed by atoms with Gasteiger partial charge in [-0.25, -0.2) is 24.9 Å². The standard InChI is InChI=1S/C55H37N5/c1-5-14-38(15-6-1)40-24-30-45(31-25-40)52-56-50(43-18-9-3-10-19-43)37-51(57-52)49-23-13-22-48(36-49)42-28-34-47(35-29-42)55-59-53(44-20-11-4-12-21-44)58-54(60-55)46-32-26-41(27-33-46)39-16-7-2-8-17-39/h1-37H. The first-order valence-electron chi connectivity index (χ1n) is 20.0. The zero-order valence-electron chi connectivity index (χ0n) is 32.6. The van der Waals surface area contributed by atoms with E-state index in [-0.39, 0.29) is 0 Å². The van der Waals surface area contributed by atoms with Crippen molar-refractivity contribution in [2.24, 2.45) is 0 Å². The minimum absolute atomic E-state index is 0.616. The second-order valence-corrected chi connectivity index (χ2v) is 14.5. The smallest absolute Gasteiger partial charge is 0.164 e. The summed E-state index contributed by atoms with van der Waals surface area (Å²) >= 11 is 0. The molecule has 0 atom stereocenters. The van der Waals surface area contributed by atoms with Crippen LogP contribution in [0.1, 0.15) is 0 Å². The molecule has 2 aromatic heterocycles. The predicted molar refractivity (Wildman–Crippen MR) is 244 cm³/mol. The Morgan fingerprint density at radius 3 is 0.867 bits per heavy atom. The summed E-state index contributed by atoms with van der Waals surface area (Å²) in [4.78, 5) is 25.1. The van der Waals surface area contributed by atoms with Crippen LogP contribution >= 0.6 is 0 Å². The number of nitrogens with zero attached hydrogens (tertiary/aromatic N) is 5. The molecular formula is C55H37N5. The van der Waals surface area contributed by atoms with E-state index < -0.39 is 0 Å². The van der Waals surface area contributed by atoms with Gasteiger partial charge in [-0.3, -0.25) is 0 Å². The van der Waals surface area contributed by atoms with E-state index in [1.54, 1.807) is 0 Å². The third kappa shape index (κ3) is 7.76. The highest BCUT2D eigenvalue weighted by atomic mass is 15.0. The minimum Gasteiger partial charge on any atom is -0.228 e. The molecule has 5 heteroatoms. The molecule has 0 saturated carbocycles. The Balaban J connectivity index is 0.979. The molecule has 60 heavy (non-hydrogen) atoms. The van der Waals surface area contributed by atoms with Crippen LogP contribution < -0.4 is 0 Å². The molecule has 2 heterocycles. The predicted octanol–water partition coefficient (Wildman–Crippen LogP) is 13.7. The van der Waals surface area contributed by atoms with Gasteiger partial charge in [-0.05, 0) is 45.5 Å². The average Bonchev–Trinajstić information content (AvgIpc) is 3.35. The Morgan fingerprint density at radius 1 is 0.167 bits per heavy atom. The summed E-state index contributed by atoms with van der Waals surface area (Å²) in [5, 5.41) is 0. The molecule has 10 rings (SSSR count). The van der Waals surface area contributed by atoms with Crippen molar-refractivity contribution in [3.05, 3.63) is 224 Å². The molecule has 10 aromatic rings. The fraction of sp³-hybridized carbons (Fsp3) is 0. The highest BCUT2D eigenvalue weighted by molar-refractivity contribution is 5.78. The van der Waals surface area contributed by atoms with Gasteiger partial charge in [-0.15, -0.1) is 0 Å². The van der Waals surface area contributed by atoms with Crippen LogP contribution in [0, 0.1) is 0 Å². The van der Waals surface area contributed by atoms with Crippen molar-refractivity contribution in [1.29, 1.82) is 0 Å². The van der Waals surface area contributed by atoms with Crippen molar-refractivity contribution in [2.45, 2.75) is 0 Å². The Labute approximate surface area is 349 Å². The topological polar surface area (TPSA) is 64.5 Å². The van der Waals surface area contributed by atoms with Crippen LogP contribution in [-0.4, -0.2) is 24.9 Å². The van der Waals surface area contributed by atoms with Crippen LogP contribution in [0.15, 0.2) is 224 Å². The highest BCUT2D eigenvalue weighted by Crippen LogP contribution is 2.33. The maximum Gasteiger partial charge on any atom is 0.164 e. The number of hydrogen-bond donors (Lipinski definition) is 0. The van der Waals surface area contributed by atoms with E-state index in [2.05, 4.69) is 164 Å². The highest BCUT2D eigenvalue weighted by Gasteiger charge is 2.15. The summed E-state index contributed by atoms with van der Waals surface area (Å²) in [7, 11) is 0. The van der Waals surface area contributed by atoms with Crippen molar-refractivity contribution >= 4 is 0 Å². The first-order chi connectivity index (χ1) is 29.7. The lowest BCUT2D eigenvalue weighted by Crippen LogP contribution is -2.00. The zero-order chi connectivity index (χ0) is 40.1. The molecule has 282 valence electrons. The summed E-state index contributed by atoms with van der Waals surface area (Å²) in [6.07, 6.45) is 0. The second-order valence-electron chi connectivity index (χ2n) is 14.5. The lowest BCUT2D eigenvalue weighted by molar-refractivity contribution is 1.07. The van der Waals surface area contributed by atoms with Gasteiger partial charge < -0.3 is 0 Å². The molecule has 0 aliphatic carbocycles. The Morgan fingerprint density at radius 2 is 0.433 bits per heavy atom. The van der Waals surface area contributed by atoms with Crippen LogP contribution in [-0.2, 0) is 0 Å². The monoisotopic (exact) mass is 767 g/mol. The molecule has 0 unspecified atom stereocenters. The first-order valence-corrected chi connectivity index (χ1v) is 20.0. The van der Waals surface area contributed by atoms with Gasteiger partial charge in [0.1, 0.15) is 0 Å². The van der Waals surface area contributed by atoms with Crippen LogP contribution in [0.4, 0.5) is 0 Å². The van der Waals surface area contributed by atoms with Gasteiger partial charge in [0.15, 0.2) is 23.3 Å². The molecule has 0 aliphatic rings. The summed E-state index contributed by atoms with van der Waals surface area (Å²) in [6.45, 7) is 0. The van der Waals surface area contributed by atoms with Gasteiger partial charge in [0.25, 0.3) is 0 Å². The molecule has 0 saturated heterocycles. The van der Waals surface area contributed by atoms with E-state index in [0.29, 0.717) is 23.3 Å². The summed E-state index contributed by atoms with van der Waals surface area (Å²) in [5.41, 5.74) is 14.3. The van der Waals surface area contributed by atoms with Crippen molar-refractivity contribution in [2.75, 3.05) is 0 Å². The SMILES string of the molecule is c1ccc(-c2ccc(-c3nc(-c4ccccc4)cc(-c4cccc(-c5ccc(-c6nc(-c7ccccc7)nc(-c7ccc(-c8ccccc8)cc7)n6)cc5)c4)n3)cc2)cc1. The molecular weight excluding hydrogens is 731 g/mol. The molecule has 0 amide bonds. The third-order valence-electron chi connectivity index (χ3n) is 10.6. The third-order valence-corrected chi connectivity index (χ3v) is 10.6. The molecule has 0 aliphatic heterocycles. The molecule has 0 spiro atoms. The maximum atomic E-state index is 5.14. The maximum absolute atomic E-state index is 5.14. The Kier molecular flexibility index (Phi) is 9.88. The second kappa shape index (κ2) is 16.4. The lowest BCUT2D eigenvalue weighted by Gasteiger charge is -2.12. The molecule has 8 aromatic carbocycles. The summed E-state index contributed by atoms with van der Waals surface area (Å²) in [5.74, 6) is 2.55. The average molecular weight is 768 g/mol. The van der Waals surface area contributed by atoms with Crippen LogP contribution in [0.2, 0.25) is 0 Å². The molecule has 0 N–H and O–H groups in total. The van der Waals surface area contributed by atoms with E-state index in [9.17, 15) is 0 Å². The van der Waals surface area contributed by atoms with Crippen molar-refractivity contribution < 1.29 is 0 Å². The minimum atomic E-state index is 0.616. The van der Waals surface area contributed by atoms with Crippen LogP contribution in [0.5, 0.6) is 0 Å². The zero-order valence-corrected chi connectivity index (χ0v) is 32.6. The van der Waals surface area contributed by atoms with Crippen molar-refractivity contribution in [3.8, 4) is 101 Å². The van der Waals surface area contributed by atoms with E-state index in [1.807, 2.05) is 60.7 Å². The first kappa shape index (κ1) is 36.2. The largest absolute Gasteiger partial charge is 0.228 e. The number of hydrogen-bond acceptors (Lipinski definition) is 5. The van der Waals surface area contributed by atoms with Gasteiger partial charge in [-0.1, -0.05) is 212 Å². The van der Waals surface area contributed by atoms with E-state index in [1.165, 1.54) is 11.1 Å². The van der Waals surface area contributed by atoms with Crippen LogP contribution in [0.3, 0.4) is 0 Å². The number of rotatable bonds is 9. The Bertz CT molecular complexity index is 3030. The van der Waals surface area contributed by atoms with Crippen molar-refractivity contribution in [3.63, 3.8) is 0 Å². The van der Waals surface area contributed by atoms with Gasteiger partial charge in [0, 0.05) is 33.4 Å². The van der Waals surface area contributed by atoms with E-state index in [4.69, 9.17) is 24.9 Å². The number of aromatic nitrogens is 5. The fourth-order valence-corrected chi connectivity index (χ4v) is 7.39. The van der Waals surface area contributed by atoms with E-state index in [0.717, 1.165) is 67.0 Å². The number of benzene rings is 8. The lowest BCUT2D eigenvalue weighted by atomic mass is 9.99. The van der Waals surface area contributed by atoms with Gasteiger partial charge >= 0.3 is 0 Å². The summed E-state index contributed by atoms with van der Waals surface area (Å²) in [6, 6.07) is 77.0. The molecule has 5 nitrogen and oxygen atoms in total. The van der Waals surface area contributed by atoms with Gasteiger partial charge in [0.2, 0.25) is 0 Å². The quantitative estimate of drug-likeness (QED) is 0.146. The Hall–Kier alpha value is -8.15. The van der Waals surface area contributed by atoms with E-state index >= 15 is 0 Å². The van der Waals surface area contributed by atoms with Gasteiger partial charge in [0.05, 0.1) is 11.4 Å². The molecule has 0 fully saturated rings.